The third kappa shape index (κ3) is 5.34. The van der Waals surface area contributed by atoms with Crippen LogP contribution in [0.5, 0.6) is 0 Å². The molecule has 0 saturated heterocycles. The lowest BCUT2D eigenvalue weighted by Gasteiger charge is -2.14. The highest BCUT2D eigenvalue weighted by molar-refractivity contribution is 8.14. The minimum absolute atomic E-state index is 0.0973. The molecule has 1 saturated carbocycles. The first-order valence-electron chi connectivity index (χ1n) is 11.3. The fourth-order valence-corrected chi connectivity index (χ4v) is 4.43. The van der Waals surface area contributed by atoms with Gasteiger partial charge in [-0.2, -0.15) is 13.9 Å². The highest BCUT2D eigenvalue weighted by Gasteiger charge is 2.31. The summed E-state index contributed by atoms with van der Waals surface area (Å²) in [4.78, 5) is 13.4. The lowest BCUT2D eigenvalue weighted by atomic mass is 9.94. The molecule has 9 nitrogen and oxygen atoms in total. The lowest BCUT2D eigenvalue weighted by molar-refractivity contribution is 0.0977. The third-order valence-corrected chi connectivity index (χ3v) is 6.65. The zero-order valence-corrected chi connectivity index (χ0v) is 20.9. The van der Waals surface area contributed by atoms with E-state index in [9.17, 15) is 13.6 Å². The van der Waals surface area contributed by atoms with Gasteiger partial charge in [-0.15, -0.1) is 10.2 Å². The SMILES string of the molecule is COC1=C=[N+]=C(C(F)F)C=C1c1cc(-c2nnc(C)o2)ccc1C(=O)NC1=NN(C)C(C#CC2CC2)S1. The van der Waals surface area contributed by atoms with Crippen molar-refractivity contribution >= 4 is 40.0 Å². The number of hydrazone groups is 1. The molecule has 1 aromatic carbocycles. The molecule has 1 aliphatic carbocycles. The van der Waals surface area contributed by atoms with Crippen LogP contribution in [0.3, 0.4) is 0 Å². The first kappa shape index (κ1) is 24.5. The average molecular weight is 524 g/mol. The Hall–Kier alpha value is -4.16. The highest BCUT2D eigenvalue weighted by atomic mass is 32.2. The number of hydrogen-bond acceptors (Lipinski definition) is 8. The number of aryl methyl sites for hydroxylation is 1. The number of hydrogen-bond donors (Lipinski definition) is 1. The Morgan fingerprint density at radius 3 is 2.84 bits per heavy atom. The van der Waals surface area contributed by atoms with Gasteiger partial charge in [0.25, 0.3) is 11.7 Å². The van der Waals surface area contributed by atoms with Crippen molar-refractivity contribution in [2.45, 2.75) is 31.6 Å². The van der Waals surface area contributed by atoms with E-state index in [4.69, 9.17) is 9.15 Å². The molecular weight excluding hydrogens is 502 g/mol. The summed E-state index contributed by atoms with van der Waals surface area (Å²) in [5.41, 5.74) is 0.687. The molecule has 37 heavy (non-hydrogen) atoms. The lowest BCUT2D eigenvalue weighted by Crippen LogP contribution is -2.29. The number of ether oxygens (including phenoxy) is 1. The molecule has 1 unspecified atom stereocenters. The van der Waals surface area contributed by atoms with E-state index in [0.29, 0.717) is 28.1 Å². The summed E-state index contributed by atoms with van der Waals surface area (Å²) in [6, 6.07) is 4.79. The first-order valence-corrected chi connectivity index (χ1v) is 12.2. The molecule has 12 heteroatoms. The maximum absolute atomic E-state index is 13.5. The van der Waals surface area contributed by atoms with E-state index < -0.39 is 18.0 Å². The van der Waals surface area contributed by atoms with Gasteiger partial charge in [-0.25, -0.2) is 0 Å². The second-order valence-corrected chi connectivity index (χ2v) is 9.46. The summed E-state index contributed by atoms with van der Waals surface area (Å²) < 4.78 is 41.5. The predicted molar refractivity (Wildman–Crippen MR) is 136 cm³/mol. The van der Waals surface area contributed by atoms with Gasteiger partial charge in [-0.3, -0.25) is 15.1 Å². The quantitative estimate of drug-likeness (QED) is 0.475. The molecule has 0 radical (unpaired) electrons. The molecule has 1 fully saturated rings. The number of nitrogens with zero attached hydrogens (tertiary/aromatic N) is 5. The molecule has 0 spiro atoms. The van der Waals surface area contributed by atoms with Crippen LogP contribution in [0, 0.1) is 24.7 Å². The number of nitrogens with one attached hydrogen (secondary N) is 1. The van der Waals surface area contributed by atoms with Crippen LogP contribution in [0.25, 0.3) is 17.0 Å². The van der Waals surface area contributed by atoms with Crippen molar-refractivity contribution in [1.82, 2.24) is 25.2 Å². The molecule has 1 aromatic heterocycles. The van der Waals surface area contributed by atoms with E-state index in [1.54, 1.807) is 37.2 Å². The van der Waals surface area contributed by atoms with Crippen LogP contribution >= 0.6 is 11.8 Å². The number of halogens is 2. The van der Waals surface area contributed by atoms with Crippen molar-refractivity contribution in [2.75, 3.05) is 14.2 Å². The Morgan fingerprint density at radius 2 is 2.16 bits per heavy atom. The zero-order valence-electron chi connectivity index (χ0n) is 20.1. The van der Waals surface area contributed by atoms with Gasteiger partial charge < -0.3 is 9.15 Å². The van der Waals surface area contributed by atoms with Crippen LogP contribution in [0.1, 0.15) is 34.7 Å². The Morgan fingerprint density at radius 1 is 1.35 bits per heavy atom. The van der Waals surface area contributed by atoms with Gasteiger partial charge in [0.1, 0.15) is 0 Å². The molecule has 2 aromatic rings. The summed E-state index contributed by atoms with van der Waals surface area (Å²) in [6.07, 6.45) is 0.565. The summed E-state index contributed by atoms with van der Waals surface area (Å²) in [6.45, 7) is 1.65. The third-order valence-electron chi connectivity index (χ3n) is 5.60. The largest absolute Gasteiger partial charge is 0.484 e. The number of carbonyl (C=O) groups excluding carboxylic acids is 1. The molecule has 188 valence electrons. The van der Waals surface area contributed by atoms with E-state index in [-0.39, 0.29) is 28.2 Å². The number of allylic oxidation sites excluding steroid dienone is 2. The normalized spacial score (nSPS) is 18.5. The number of benzene rings is 1. The van der Waals surface area contributed by atoms with E-state index >= 15 is 0 Å². The molecule has 0 bridgehead atoms. The van der Waals surface area contributed by atoms with Gasteiger partial charge >= 0.3 is 18.0 Å². The minimum Gasteiger partial charge on any atom is -0.484 e. The summed E-state index contributed by atoms with van der Waals surface area (Å²) >= 11 is 1.33. The second kappa shape index (κ2) is 10.1. The summed E-state index contributed by atoms with van der Waals surface area (Å²) in [5, 5.41) is 16.9. The standard InChI is InChI=1S/C25H20F2N6O3S/c1-13-30-31-24(36-13)15-7-8-16(17(10-15)18-11-19(22(26)27)28-12-20(18)35-3)23(34)29-25-32-33(2)21(37-25)9-6-14-4-5-14/h7-8,10-11,14,21-22H,4-5H2,1-3H3/p+1. The van der Waals surface area contributed by atoms with Crippen molar-refractivity contribution in [3.63, 3.8) is 0 Å². The Bertz CT molecular complexity index is 1500. The van der Waals surface area contributed by atoms with Crippen molar-refractivity contribution < 1.29 is 22.7 Å². The number of alkyl halides is 2. The molecule has 3 heterocycles. The number of carbonyl (C=O) groups is 1. The van der Waals surface area contributed by atoms with Crippen LogP contribution in [-0.4, -0.2) is 63.8 Å². The van der Waals surface area contributed by atoms with Crippen LogP contribution in [0.4, 0.5) is 8.78 Å². The molecule has 1 amide bonds. The highest BCUT2D eigenvalue weighted by Crippen LogP contribution is 2.32. The molecular formula is C25H21F2N6O3S+. The second-order valence-electron chi connectivity index (χ2n) is 8.39. The van der Waals surface area contributed by atoms with Crippen molar-refractivity contribution in [3.8, 4) is 23.3 Å². The smallest absolute Gasteiger partial charge is 0.383 e. The number of rotatable bonds is 5. The number of amides is 1. The first-order chi connectivity index (χ1) is 17.8. The number of aromatic nitrogens is 2. The molecule has 1 atom stereocenters. The predicted octanol–water partition coefficient (Wildman–Crippen LogP) is 2.83. The van der Waals surface area contributed by atoms with Crippen molar-refractivity contribution in [1.29, 1.82) is 0 Å². The van der Waals surface area contributed by atoms with Gasteiger partial charge in [-0.1, -0.05) is 11.8 Å². The van der Waals surface area contributed by atoms with Gasteiger partial charge in [0, 0.05) is 48.2 Å². The maximum atomic E-state index is 13.5. The number of thioether (sulfide) groups is 1. The van der Waals surface area contributed by atoms with Gasteiger partial charge in [-0.05, 0) is 47.5 Å². The van der Waals surface area contributed by atoms with E-state index in [1.807, 2.05) is 0 Å². The Balaban J connectivity index is 1.49. The summed E-state index contributed by atoms with van der Waals surface area (Å²) in [7, 11) is 3.15. The fourth-order valence-electron chi connectivity index (χ4n) is 3.56. The molecule has 5 rings (SSSR count). The molecule has 2 aliphatic heterocycles. The Labute approximate surface area is 215 Å². The van der Waals surface area contributed by atoms with Crippen molar-refractivity contribution in [3.05, 3.63) is 47.1 Å². The van der Waals surface area contributed by atoms with Crippen LogP contribution < -0.4 is 9.98 Å². The van der Waals surface area contributed by atoms with E-state index in [2.05, 4.69) is 43.0 Å². The summed E-state index contributed by atoms with van der Waals surface area (Å²) in [5.74, 6) is 9.51. The topological polar surface area (TPSA) is 107 Å². The zero-order chi connectivity index (χ0) is 26.1. The fraction of sp³-hybridized carbons (Fsp3) is 0.320. The monoisotopic (exact) mass is 523 g/mol. The van der Waals surface area contributed by atoms with E-state index in [1.165, 1.54) is 24.9 Å². The van der Waals surface area contributed by atoms with Crippen LogP contribution in [0.15, 0.2) is 39.6 Å². The minimum atomic E-state index is -2.84. The van der Waals surface area contributed by atoms with Gasteiger partial charge in [0.2, 0.25) is 11.8 Å². The maximum Gasteiger partial charge on any atom is 0.383 e. The number of amidine groups is 1. The van der Waals surface area contributed by atoms with Crippen LogP contribution in [-0.2, 0) is 4.74 Å². The van der Waals surface area contributed by atoms with Gasteiger partial charge in [0.05, 0.1) is 7.11 Å². The van der Waals surface area contributed by atoms with Crippen molar-refractivity contribution in [2.24, 2.45) is 11.0 Å². The molecule has 1 N–H and O–H groups in total. The average Bonchev–Trinajstić information content (AvgIpc) is 3.52. The van der Waals surface area contributed by atoms with E-state index in [0.717, 1.165) is 12.8 Å². The molecule has 3 aliphatic rings. The van der Waals surface area contributed by atoms with Crippen LogP contribution in [0.2, 0.25) is 0 Å². The Kier molecular flexibility index (Phi) is 6.68. The number of methoxy groups -OCH3 is 1. The van der Waals surface area contributed by atoms with Gasteiger partial charge in [0.15, 0.2) is 10.5 Å².